The van der Waals surface area contributed by atoms with Crippen LogP contribution in [0.25, 0.3) is 11.2 Å². The van der Waals surface area contributed by atoms with Crippen LogP contribution in [0.1, 0.15) is 58.4 Å². The van der Waals surface area contributed by atoms with Crippen LogP contribution in [0.2, 0.25) is 0 Å². The molecule has 4 N–H and O–H groups in total. The number of H-pyrrole nitrogens is 1. The van der Waals surface area contributed by atoms with Crippen molar-refractivity contribution in [1.29, 1.82) is 0 Å². The zero-order valence-electron chi connectivity index (χ0n) is 22.2. The molecule has 0 radical (unpaired) electrons. The van der Waals surface area contributed by atoms with Gasteiger partial charge >= 0.3 is 0 Å². The van der Waals surface area contributed by atoms with Crippen molar-refractivity contribution in [3.63, 3.8) is 0 Å². The Morgan fingerprint density at radius 1 is 1.05 bits per heavy atom. The number of aliphatic hydroxyl groups is 1. The number of aromatic amines is 1. The second-order valence-electron chi connectivity index (χ2n) is 10.3. The van der Waals surface area contributed by atoms with Crippen LogP contribution in [-0.2, 0) is 0 Å². The second kappa shape index (κ2) is 10.9. The van der Waals surface area contributed by atoms with Gasteiger partial charge in [-0.1, -0.05) is 12.1 Å². The first kappa shape index (κ1) is 25.8. The third kappa shape index (κ3) is 5.20. The number of imide groups is 1. The first-order valence-corrected chi connectivity index (χ1v) is 13.6. The van der Waals surface area contributed by atoms with Crippen molar-refractivity contribution in [2.45, 2.75) is 51.2 Å². The van der Waals surface area contributed by atoms with Gasteiger partial charge in [0.15, 0.2) is 11.5 Å². The molecule has 2 aromatic carbocycles. The van der Waals surface area contributed by atoms with Crippen LogP contribution < -0.4 is 15.4 Å². The molecule has 0 bridgehead atoms. The van der Waals surface area contributed by atoms with Crippen molar-refractivity contribution in [3.05, 3.63) is 65.5 Å². The Balaban J connectivity index is 1.06. The summed E-state index contributed by atoms with van der Waals surface area (Å²) in [5, 5.41) is 16.6. The third-order valence-corrected chi connectivity index (χ3v) is 7.43. The van der Waals surface area contributed by atoms with Crippen LogP contribution >= 0.6 is 0 Å². The number of fused-ring (bicyclic) bond motifs is 2. The highest BCUT2D eigenvalue weighted by atomic mass is 16.5. The molecule has 0 atom stereocenters. The molecule has 6 rings (SSSR count). The number of ether oxygens (including phenoxy) is 1. The Hall–Kier alpha value is -4.51. The Bertz CT molecular complexity index is 1530. The van der Waals surface area contributed by atoms with Gasteiger partial charge in [0.2, 0.25) is 5.95 Å². The van der Waals surface area contributed by atoms with E-state index in [1.807, 2.05) is 25.1 Å². The van der Waals surface area contributed by atoms with Crippen LogP contribution in [-0.4, -0.2) is 67.1 Å². The molecule has 0 spiro atoms. The molecule has 1 aliphatic carbocycles. The molecule has 40 heavy (non-hydrogen) atoms. The number of hydrogen-bond acceptors (Lipinski definition) is 9. The lowest BCUT2D eigenvalue weighted by Crippen LogP contribution is -2.31. The van der Waals surface area contributed by atoms with Crippen LogP contribution in [0.3, 0.4) is 0 Å². The van der Waals surface area contributed by atoms with Gasteiger partial charge in [0.1, 0.15) is 11.3 Å². The first-order chi connectivity index (χ1) is 19.5. The minimum absolute atomic E-state index is 0.223. The van der Waals surface area contributed by atoms with E-state index in [2.05, 4.69) is 25.6 Å². The lowest BCUT2D eigenvalue weighted by molar-refractivity contribution is 0.0646. The zero-order chi connectivity index (χ0) is 27.6. The maximum atomic E-state index is 12.5. The third-order valence-electron chi connectivity index (χ3n) is 7.43. The molecule has 3 heterocycles. The molecule has 0 unspecified atom stereocenters. The summed E-state index contributed by atoms with van der Waals surface area (Å²) >= 11 is 0. The van der Waals surface area contributed by atoms with Gasteiger partial charge in [-0.05, 0) is 74.9 Å². The van der Waals surface area contributed by atoms with Gasteiger partial charge in [0.05, 0.1) is 30.2 Å². The summed E-state index contributed by atoms with van der Waals surface area (Å²) in [6.07, 6.45) is 5.19. The molecule has 2 aromatic heterocycles. The van der Waals surface area contributed by atoms with E-state index in [4.69, 9.17) is 9.72 Å². The van der Waals surface area contributed by atoms with Crippen LogP contribution in [0, 0.1) is 6.92 Å². The lowest BCUT2D eigenvalue weighted by Gasteiger charge is -2.26. The number of benzene rings is 2. The summed E-state index contributed by atoms with van der Waals surface area (Å²) in [6, 6.07) is 12.8. The van der Waals surface area contributed by atoms with E-state index in [0.29, 0.717) is 59.4 Å². The molecule has 1 fully saturated rings. The second-order valence-corrected chi connectivity index (χ2v) is 10.3. The van der Waals surface area contributed by atoms with Crippen LogP contribution in [0.5, 0.6) is 5.75 Å². The first-order valence-electron chi connectivity index (χ1n) is 13.6. The van der Waals surface area contributed by atoms with Gasteiger partial charge < -0.3 is 25.5 Å². The van der Waals surface area contributed by atoms with Gasteiger partial charge in [-0.3, -0.25) is 14.5 Å². The number of aryl methyl sites for hydroxylation is 1. The van der Waals surface area contributed by atoms with Crippen molar-refractivity contribution in [3.8, 4) is 5.75 Å². The molecule has 206 valence electrons. The number of rotatable bonds is 9. The lowest BCUT2D eigenvalue weighted by atomic mass is 9.93. The Kier molecular flexibility index (Phi) is 7.04. The predicted octanol–water partition coefficient (Wildman–Crippen LogP) is 4.19. The van der Waals surface area contributed by atoms with Gasteiger partial charge in [-0.2, -0.15) is 9.97 Å². The topological polar surface area (TPSA) is 145 Å². The predicted molar refractivity (Wildman–Crippen MR) is 150 cm³/mol. The highest BCUT2D eigenvalue weighted by Crippen LogP contribution is 2.28. The van der Waals surface area contributed by atoms with E-state index in [0.717, 1.165) is 36.9 Å². The summed E-state index contributed by atoms with van der Waals surface area (Å²) in [4.78, 5) is 43.0. The number of aliphatic hydroxyl groups excluding tert-OH is 1. The Morgan fingerprint density at radius 2 is 1.80 bits per heavy atom. The molecular weight excluding hydrogens is 510 g/mol. The Morgan fingerprint density at radius 3 is 2.52 bits per heavy atom. The largest absolute Gasteiger partial charge is 0.494 e. The summed E-state index contributed by atoms with van der Waals surface area (Å²) in [5.74, 6) is 1.28. The van der Waals surface area contributed by atoms with Gasteiger partial charge in [0.25, 0.3) is 11.8 Å². The standard InChI is InChI=1S/C29H31N7O4/c1-17-15-20(40-14-4-13-36-27(38)21-5-2-3-6-22(21)28(36)39)11-12-23(17)33-29-34-25-24(30-16-31-25)26(35-29)32-18-7-9-19(37)10-8-18/h2-3,5-6,11-12,15-16,18-19,37H,4,7-10,13-14H2,1H3,(H3,30,31,32,33,34,35). The number of carbonyl (C=O) groups excluding carboxylic acids is 2. The SMILES string of the molecule is Cc1cc(OCCCN2C(=O)c3ccccc3C2=O)ccc1Nc1nc(NC2CCC(O)CC2)c2nc[nH]c2n1. The number of anilines is 3. The van der Waals surface area contributed by atoms with Crippen molar-refractivity contribution in [2.75, 3.05) is 23.8 Å². The molecule has 11 nitrogen and oxygen atoms in total. The average Bonchev–Trinajstić information content (AvgIpc) is 3.53. The van der Waals surface area contributed by atoms with E-state index >= 15 is 0 Å². The van der Waals surface area contributed by atoms with Crippen molar-refractivity contribution in [2.24, 2.45) is 0 Å². The number of nitrogens with zero attached hydrogens (tertiary/aromatic N) is 4. The summed E-state index contributed by atoms with van der Waals surface area (Å²) in [5.41, 5.74) is 4.01. The number of nitrogens with one attached hydrogen (secondary N) is 3. The average molecular weight is 542 g/mol. The maximum absolute atomic E-state index is 12.5. The van der Waals surface area contributed by atoms with E-state index in [1.165, 1.54) is 4.90 Å². The fourth-order valence-corrected chi connectivity index (χ4v) is 5.25. The molecular formula is C29H31N7O4. The summed E-state index contributed by atoms with van der Waals surface area (Å²) in [7, 11) is 0. The van der Waals surface area contributed by atoms with Crippen molar-refractivity contribution < 1.29 is 19.4 Å². The highest BCUT2D eigenvalue weighted by Gasteiger charge is 2.34. The van der Waals surface area contributed by atoms with Gasteiger partial charge in [-0.25, -0.2) is 4.98 Å². The van der Waals surface area contributed by atoms with Gasteiger partial charge in [-0.15, -0.1) is 0 Å². The fraction of sp³-hybridized carbons (Fsp3) is 0.345. The van der Waals surface area contributed by atoms with Crippen molar-refractivity contribution >= 4 is 40.4 Å². The smallest absolute Gasteiger partial charge is 0.261 e. The molecule has 11 heteroatoms. The van der Waals surface area contributed by atoms with E-state index in [-0.39, 0.29) is 24.0 Å². The van der Waals surface area contributed by atoms with Crippen LogP contribution in [0.4, 0.5) is 17.5 Å². The molecule has 2 amide bonds. The summed E-state index contributed by atoms with van der Waals surface area (Å²) in [6.45, 7) is 2.64. The zero-order valence-corrected chi connectivity index (χ0v) is 22.2. The minimum Gasteiger partial charge on any atom is -0.494 e. The van der Waals surface area contributed by atoms with Crippen molar-refractivity contribution in [1.82, 2.24) is 24.8 Å². The normalized spacial score (nSPS) is 18.7. The number of imidazole rings is 1. The van der Waals surface area contributed by atoms with E-state index in [9.17, 15) is 14.7 Å². The fourth-order valence-electron chi connectivity index (χ4n) is 5.25. The minimum atomic E-state index is -0.252. The molecule has 1 aliphatic heterocycles. The molecule has 2 aliphatic rings. The quantitative estimate of drug-likeness (QED) is 0.181. The Labute approximate surface area is 231 Å². The number of amides is 2. The monoisotopic (exact) mass is 541 g/mol. The number of aromatic nitrogens is 4. The molecule has 4 aromatic rings. The van der Waals surface area contributed by atoms with Gasteiger partial charge in [0, 0.05) is 18.3 Å². The van der Waals surface area contributed by atoms with E-state index < -0.39 is 0 Å². The number of carbonyl (C=O) groups is 2. The van der Waals surface area contributed by atoms with E-state index in [1.54, 1.807) is 30.6 Å². The molecule has 1 saturated carbocycles. The maximum Gasteiger partial charge on any atom is 0.261 e. The number of hydrogen-bond donors (Lipinski definition) is 4. The van der Waals surface area contributed by atoms with Crippen LogP contribution in [0.15, 0.2) is 48.8 Å². The molecule has 0 saturated heterocycles. The highest BCUT2D eigenvalue weighted by molar-refractivity contribution is 6.21. The summed E-state index contributed by atoms with van der Waals surface area (Å²) < 4.78 is 5.91.